The van der Waals surface area contributed by atoms with Gasteiger partial charge in [-0.05, 0) is 24.3 Å². The number of carbonyl (C=O) groups is 1. The van der Waals surface area contributed by atoms with E-state index in [1.165, 1.54) is 17.0 Å². The maximum atomic E-state index is 12.5. The number of cyclic esters (lactones) is 1. The van der Waals surface area contributed by atoms with Crippen molar-refractivity contribution in [2.24, 2.45) is 0 Å². The number of ether oxygens (including phenoxy) is 3. The highest BCUT2D eigenvalue weighted by atomic mass is 32.2. The summed E-state index contributed by atoms with van der Waals surface area (Å²) in [6.45, 7) is 0.317. The molecule has 1 atom stereocenters. The third-order valence-electron chi connectivity index (χ3n) is 4.10. The number of benzene rings is 2. The van der Waals surface area contributed by atoms with Crippen LogP contribution in [0.3, 0.4) is 0 Å². The maximum absolute atomic E-state index is 12.5. The second-order valence-electron chi connectivity index (χ2n) is 5.82. The van der Waals surface area contributed by atoms with Crippen LogP contribution in [0, 0.1) is 0 Å². The number of anilines is 1. The van der Waals surface area contributed by atoms with Gasteiger partial charge in [-0.15, -0.1) is 0 Å². The van der Waals surface area contributed by atoms with E-state index in [-0.39, 0.29) is 24.8 Å². The van der Waals surface area contributed by atoms with Gasteiger partial charge in [0.2, 0.25) is 16.8 Å². The molecule has 26 heavy (non-hydrogen) atoms. The number of hydrogen-bond donors (Lipinski definition) is 1. The first-order chi connectivity index (χ1) is 12.5. The Labute approximate surface area is 150 Å². The van der Waals surface area contributed by atoms with Gasteiger partial charge in [0.1, 0.15) is 6.10 Å². The van der Waals surface area contributed by atoms with E-state index < -0.39 is 22.2 Å². The Kier molecular flexibility index (Phi) is 4.17. The summed E-state index contributed by atoms with van der Waals surface area (Å²) in [6.07, 6.45) is -1.07. The zero-order valence-corrected chi connectivity index (χ0v) is 14.4. The minimum absolute atomic E-state index is 0.0220. The monoisotopic (exact) mass is 376 g/mol. The normalized spacial score (nSPS) is 18.8. The van der Waals surface area contributed by atoms with Gasteiger partial charge in [-0.25, -0.2) is 17.9 Å². The predicted octanol–water partition coefficient (Wildman–Crippen LogP) is 1.72. The number of fused-ring (bicyclic) bond motifs is 1. The van der Waals surface area contributed by atoms with Crippen LogP contribution in [0.2, 0.25) is 0 Å². The Morgan fingerprint density at radius 2 is 1.85 bits per heavy atom. The number of amides is 1. The Balaban J connectivity index is 1.42. The molecule has 1 saturated heterocycles. The van der Waals surface area contributed by atoms with Gasteiger partial charge in [0.15, 0.2) is 11.5 Å². The van der Waals surface area contributed by atoms with Crippen molar-refractivity contribution in [3.63, 3.8) is 0 Å². The van der Waals surface area contributed by atoms with E-state index in [0.717, 1.165) is 0 Å². The quantitative estimate of drug-likeness (QED) is 0.854. The fourth-order valence-corrected chi connectivity index (χ4v) is 3.86. The molecule has 0 spiro atoms. The van der Waals surface area contributed by atoms with E-state index in [1.54, 1.807) is 18.2 Å². The predicted molar refractivity (Wildman–Crippen MR) is 91.8 cm³/mol. The lowest BCUT2D eigenvalue weighted by Gasteiger charge is -2.13. The van der Waals surface area contributed by atoms with Crippen LogP contribution in [-0.2, 0) is 14.8 Å². The third kappa shape index (κ3) is 3.18. The van der Waals surface area contributed by atoms with E-state index in [9.17, 15) is 13.2 Å². The number of nitrogens with zero attached hydrogens (tertiary/aromatic N) is 1. The van der Waals surface area contributed by atoms with E-state index in [1.807, 2.05) is 18.2 Å². The highest BCUT2D eigenvalue weighted by Gasteiger charge is 2.33. The van der Waals surface area contributed by atoms with Crippen LogP contribution >= 0.6 is 0 Å². The number of rotatable bonds is 5. The van der Waals surface area contributed by atoms with Crippen molar-refractivity contribution in [3.8, 4) is 11.5 Å². The van der Waals surface area contributed by atoms with Crippen molar-refractivity contribution in [2.45, 2.75) is 11.0 Å². The van der Waals surface area contributed by atoms with Crippen LogP contribution in [0.1, 0.15) is 0 Å². The third-order valence-corrected chi connectivity index (χ3v) is 5.52. The van der Waals surface area contributed by atoms with Gasteiger partial charge in [-0.2, -0.15) is 0 Å². The summed E-state index contributed by atoms with van der Waals surface area (Å²) in [6, 6.07) is 13.5. The average molecular weight is 376 g/mol. The largest absolute Gasteiger partial charge is 0.454 e. The summed E-state index contributed by atoms with van der Waals surface area (Å²) < 4.78 is 43.0. The van der Waals surface area contributed by atoms with Gasteiger partial charge >= 0.3 is 6.09 Å². The lowest BCUT2D eigenvalue weighted by Crippen LogP contribution is -2.34. The topological polar surface area (TPSA) is 94.2 Å². The smallest absolute Gasteiger partial charge is 0.414 e. The minimum Gasteiger partial charge on any atom is -0.454 e. The number of hydrogen-bond acceptors (Lipinski definition) is 6. The molecule has 1 amide bonds. The number of para-hydroxylation sites is 1. The molecule has 2 aliphatic rings. The fraction of sp³-hybridized carbons (Fsp3) is 0.235. The Morgan fingerprint density at radius 1 is 1.08 bits per heavy atom. The standard InChI is InChI=1S/C17H16N2O6S/c20-17-19(12-4-2-1-3-5-12)10-13(25-17)9-18-26(21,22)14-6-7-15-16(8-14)24-11-23-15/h1-8,13,18H,9-11H2. The van der Waals surface area contributed by atoms with Crippen molar-refractivity contribution in [1.29, 1.82) is 0 Å². The van der Waals surface area contributed by atoms with Gasteiger partial charge in [-0.1, -0.05) is 18.2 Å². The van der Waals surface area contributed by atoms with Crippen molar-refractivity contribution >= 4 is 21.8 Å². The molecule has 1 fully saturated rings. The molecular weight excluding hydrogens is 360 g/mol. The summed E-state index contributed by atoms with van der Waals surface area (Å²) >= 11 is 0. The van der Waals surface area contributed by atoms with Gasteiger partial charge < -0.3 is 14.2 Å². The molecule has 1 N–H and O–H groups in total. The molecule has 1 unspecified atom stereocenters. The maximum Gasteiger partial charge on any atom is 0.414 e. The Hall–Kier alpha value is -2.78. The van der Waals surface area contributed by atoms with Crippen molar-refractivity contribution in [2.75, 3.05) is 24.8 Å². The van der Waals surface area contributed by atoms with E-state index in [0.29, 0.717) is 17.2 Å². The molecule has 9 heteroatoms. The highest BCUT2D eigenvalue weighted by molar-refractivity contribution is 7.89. The SMILES string of the molecule is O=C1OC(CNS(=O)(=O)c2ccc3c(c2)OCO3)CN1c1ccccc1. The van der Waals surface area contributed by atoms with Crippen molar-refractivity contribution in [3.05, 3.63) is 48.5 Å². The summed E-state index contributed by atoms with van der Waals surface area (Å²) in [5.74, 6) is 0.891. The first-order valence-corrected chi connectivity index (χ1v) is 9.44. The summed E-state index contributed by atoms with van der Waals surface area (Å²) in [5, 5.41) is 0. The van der Waals surface area contributed by atoms with Gasteiger partial charge in [0, 0.05) is 18.3 Å². The molecule has 0 aliphatic carbocycles. The average Bonchev–Trinajstić information content (AvgIpc) is 3.26. The molecule has 2 aromatic rings. The summed E-state index contributed by atoms with van der Waals surface area (Å²) in [7, 11) is -3.76. The van der Waals surface area contributed by atoms with Gasteiger partial charge in [-0.3, -0.25) is 4.90 Å². The fourth-order valence-electron chi connectivity index (χ4n) is 2.78. The molecule has 0 aromatic heterocycles. The molecule has 0 saturated carbocycles. The lowest BCUT2D eigenvalue weighted by atomic mass is 10.3. The van der Waals surface area contributed by atoms with Crippen LogP contribution in [0.5, 0.6) is 11.5 Å². The first kappa shape index (κ1) is 16.7. The van der Waals surface area contributed by atoms with Crippen LogP contribution in [0.25, 0.3) is 0 Å². The lowest BCUT2D eigenvalue weighted by molar-refractivity contribution is 0.143. The summed E-state index contributed by atoms with van der Waals surface area (Å²) in [4.78, 5) is 13.5. The van der Waals surface area contributed by atoms with Gasteiger partial charge in [0.05, 0.1) is 11.4 Å². The molecule has 4 rings (SSSR count). The first-order valence-electron chi connectivity index (χ1n) is 7.95. The second kappa shape index (κ2) is 6.50. The van der Waals surface area contributed by atoms with E-state index in [2.05, 4.69) is 4.72 Å². The second-order valence-corrected chi connectivity index (χ2v) is 7.59. The van der Waals surface area contributed by atoms with Crippen molar-refractivity contribution < 1.29 is 27.4 Å². The minimum atomic E-state index is -3.76. The molecule has 2 heterocycles. The van der Waals surface area contributed by atoms with Crippen LogP contribution in [0.4, 0.5) is 10.5 Å². The Morgan fingerprint density at radius 3 is 2.65 bits per heavy atom. The van der Waals surface area contributed by atoms with E-state index in [4.69, 9.17) is 14.2 Å². The van der Waals surface area contributed by atoms with Gasteiger partial charge in [0.25, 0.3) is 0 Å². The van der Waals surface area contributed by atoms with E-state index >= 15 is 0 Å². The molecule has 2 aliphatic heterocycles. The molecule has 136 valence electrons. The number of carbonyl (C=O) groups excluding carboxylic acids is 1. The summed E-state index contributed by atoms with van der Waals surface area (Å²) in [5.41, 5.74) is 0.707. The van der Waals surface area contributed by atoms with Crippen LogP contribution in [0.15, 0.2) is 53.4 Å². The van der Waals surface area contributed by atoms with Crippen molar-refractivity contribution in [1.82, 2.24) is 4.72 Å². The van der Waals surface area contributed by atoms with Crippen LogP contribution in [-0.4, -0.2) is 40.5 Å². The molecule has 0 radical (unpaired) electrons. The number of nitrogens with one attached hydrogen (secondary N) is 1. The Bertz CT molecular complexity index is 932. The molecule has 8 nitrogen and oxygen atoms in total. The molecule has 2 aromatic carbocycles. The number of sulfonamides is 1. The zero-order valence-electron chi connectivity index (χ0n) is 13.6. The highest BCUT2D eigenvalue weighted by Crippen LogP contribution is 2.33. The zero-order chi connectivity index (χ0) is 18.1. The van der Waals surface area contributed by atoms with Crippen LogP contribution < -0.4 is 19.1 Å². The molecule has 0 bridgehead atoms. The molecular formula is C17H16N2O6S.